The van der Waals surface area contributed by atoms with Gasteiger partial charge in [0.25, 0.3) is 5.69 Å². The number of hydrogen-bond donors (Lipinski definition) is 0. The predicted molar refractivity (Wildman–Crippen MR) is 91.4 cm³/mol. The average Bonchev–Trinajstić information content (AvgIpc) is 3.15. The Morgan fingerprint density at radius 1 is 1.29 bits per heavy atom. The molecule has 0 aliphatic carbocycles. The van der Waals surface area contributed by atoms with Crippen molar-refractivity contribution in [1.29, 1.82) is 0 Å². The predicted octanol–water partition coefficient (Wildman–Crippen LogP) is 3.18. The van der Waals surface area contributed by atoms with Gasteiger partial charge in [0.15, 0.2) is 0 Å². The van der Waals surface area contributed by atoms with Gasteiger partial charge in [0.1, 0.15) is 11.1 Å². The van der Waals surface area contributed by atoms with Crippen LogP contribution in [0.4, 0.5) is 11.4 Å². The third-order valence-corrected chi connectivity index (χ3v) is 4.97. The van der Waals surface area contributed by atoms with Crippen LogP contribution < -0.4 is 4.90 Å². The van der Waals surface area contributed by atoms with Gasteiger partial charge in [-0.2, -0.15) is 0 Å². The summed E-state index contributed by atoms with van der Waals surface area (Å²) in [4.78, 5) is 21.5. The van der Waals surface area contributed by atoms with Gasteiger partial charge in [0.05, 0.1) is 23.5 Å². The first-order chi connectivity index (χ1) is 11.7. The van der Waals surface area contributed by atoms with Crippen molar-refractivity contribution in [2.24, 2.45) is 0 Å². The molecule has 1 aliphatic heterocycles. The van der Waals surface area contributed by atoms with Crippen LogP contribution in [0.3, 0.4) is 0 Å². The number of aromatic nitrogens is 2. The Morgan fingerprint density at radius 3 is 3.00 bits per heavy atom. The molecule has 1 fully saturated rings. The van der Waals surface area contributed by atoms with E-state index >= 15 is 0 Å². The Bertz CT molecular complexity index is 884. The second-order valence-corrected chi connectivity index (χ2v) is 6.38. The number of anilines is 1. The van der Waals surface area contributed by atoms with Gasteiger partial charge in [-0.1, -0.05) is 0 Å². The number of rotatable bonds is 3. The molecule has 24 heavy (non-hydrogen) atoms. The number of nitro benzene ring substituents is 1. The van der Waals surface area contributed by atoms with E-state index in [4.69, 9.17) is 4.74 Å². The van der Waals surface area contributed by atoms with E-state index in [1.54, 1.807) is 36.0 Å². The van der Waals surface area contributed by atoms with E-state index in [2.05, 4.69) is 14.9 Å². The summed E-state index contributed by atoms with van der Waals surface area (Å²) in [6.07, 6.45) is 4.91. The Kier molecular flexibility index (Phi) is 3.83. The number of non-ortho nitro benzene ring substituents is 1. The van der Waals surface area contributed by atoms with Gasteiger partial charge in [0, 0.05) is 47.7 Å². The number of hydrogen-bond acceptors (Lipinski definition) is 7. The van der Waals surface area contributed by atoms with Gasteiger partial charge in [0.2, 0.25) is 0 Å². The topological polar surface area (TPSA) is 81.4 Å². The summed E-state index contributed by atoms with van der Waals surface area (Å²) in [6.45, 7) is 1.99. The van der Waals surface area contributed by atoms with E-state index in [1.165, 1.54) is 0 Å². The lowest BCUT2D eigenvalue weighted by atomic mass is 10.1. The molecule has 4 rings (SSSR count). The van der Waals surface area contributed by atoms with Crippen LogP contribution in [0.1, 0.15) is 11.1 Å². The van der Waals surface area contributed by atoms with Crippen molar-refractivity contribution in [2.75, 3.05) is 24.6 Å². The van der Waals surface area contributed by atoms with Crippen LogP contribution in [0.2, 0.25) is 0 Å². The fraction of sp³-hybridized carbons (Fsp3) is 0.250. The van der Waals surface area contributed by atoms with Crippen molar-refractivity contribution < 1.29 is 9.66 Å². The van der Waals surface area contributed by atoms with Crippen molar-refractivity contribution in [3.05, 3.63) is 57.3 Å². The minimum absolute atomic E-state index is 0.0755. The van der Waals surface area contributed by atoms with Gasteiger partial charge < -0.3 is 9.64 Å². The van der Waals surface area contributed by atoms with Gasteiger partial charge in [-0.25, -0.2) is 4.98 Å². The van der Waals surface area contributed by atoms with Crippen LogP contribution in [0.15, 0.2) is 42.2 Å². The van der Waals surface area contributed by atoms with Gasteiger partial charge >= 0.3 is 0 Å². The van der Waals surface area contributed by atoms with Crippen LogP contribution in [-0.4, -0.2) is 34.6 Å². The fourth-order valence-corrected chi connectivity index (χ4v) is 3.68. The summed E-state index contributed by atoms with van der Waals surface area (Å²) in [6, 6.07) is 5.18. The first-order valence-corrected chi connectivity index (χ1v) is 8.39. The van der Waals surface area contributed by atoms with E-state index < -0.39 is 0 Å². The smallest absolute Gasteiger partial charge is 0.278 e. The van der Waals surface area contributed by atoms with E-state index in [9.17, 15) is 10.1 Å². The maximum absolute atomic E-state index is 11.2. The van der Waals surface area contributed by atoms with Crippen molar-refractivity contribution in [3.8, 4) is 0 Å². The van der Waals surface area contributed by atoms with E-state index in [0.29, 0.717) is 18.5 Å². The normalized spacial score (nSPS) is 18.0. The number of thiazole rings is 1. The highest BCUT2D eigenvalue weighted by Crippen LogP contribution is 2.35. The molecule has 8 heteroatoms. The number of nitrogens with zero attached hydrogens (tertiary/aromatic N) is 4. The lowest BCUT2D eigenvalue weighted by molar-refractivity contribution is -0.383. The number of morpholine rings is 1. The molecule has 0 unspecified atom stereocenters. The van der Waals surface area contributed by atoms with Crippen LogP contribution in [0.5, 0.6) is 0 Å². The number of ether oxygens (including phenoxy) is 1. The van der Waals surface area contributed by atoms with Crippen LogP contribution in [0.25, 0.3) is 10.8 Å². The highest BCUT2D eigenvalue weighted by atomic mass is 32.1. The monoisotopic (exact) mass is 342 g/mol. The molecular weight excluding hydrogens is 328 g/mol. The summed E-state index contributed by atoms with van der Waals surface area (Å²) in [5.74, 6) is 0. The second kappa shape index (κ2) is 6.14. The molecule has 2 aromatic heterocycles. The summed E-state index contributed by atoms with van der Waals surface area (Å²) in [5, 5.41) is 15.5. The third kappa shape index (κ3) is 2.59. The average molecular weight is 342 g/mol. The maximum Gasteiger partial charge on any atom is 0.278 e. The third-order valence-electron chi connectivity index (χ3n) is 4.10. The number of fused-ring (bicyclic) bond motifs is 1. The summed E-state index contributed by atoms with van der Waals surface area (Å²) in [7, 11) is 0. The molecule has 1 aliphatic rings. The lowest BCUT2D eigenvalue weighted by Crippen LogP contribution is -2.38. The highest BCUT2D eigenvalue weighted by Gasteiger charge is 2.26. The second-order valence-electron chi connectivity index (χ2n) is 5.46. The van der Waals surface area contributed by atoms with Gasteiger partial charge in [-0.05, 0) is 12.1 Å². The molecular formula is C16H14N4O3S. The van der Waals surface area contributed by atoms with E-state index in [0.717, 1.165) is 22.6 Å². The zero-order chi connectivity index (χ0) is 16.5. The highest BCUT2D eigenvalue weighted by molar-refractivity contribution is 7.09. The Hall–Kier alpha value is -2.58. The summed E-state index contributed by atoms with van der Waals surface area (Å²) in [5.41, 5.74) is 1.04. The summed E-state index contributed by atoms with van der Waals surface area (Å²) < 4.78 is 5.83. The number of pyridine rings is 1. The summed E-state index contributed by atoms with van der Waals surface area (Å²) >= 11 is 1.57. The maximum atomic E-state index is 11.2. The van der Waals surface area contributed by atoms with E-state index in [-0.39, 0.29) is 16.7 Å². The number of benzene rings is 1. The molecule has 3 heterocycles. The van der Waals surface area contributed by atoms with Crippen molar-refractivity contribution in [1.82, 2.24) is 9.97 Å². The van der Waals surface area contributed by atoms with Crippen molar-refractivity contribution in [3.63, 3.8) is 0 Å². The van der Waals surface area contributed by atoms with Crippen LogP contribution >= 0.6 is 11.3 Å². The van der Waals surface area contributed by atoms with Crippen molar-refractivity contribution in [2.45, 2.75) is 6.10 Å². The number of nitro groups is 1. The first-order valence-electron chi connectivity index (χ1n) is 7.51. The largest absolute Gasteiger partial charge is 0.367 e. The SMILES string of the molecule is O=[N+]([O-])c1ccc(N2CCO[C@H](c3nccs3)C2)c2ccncc12. The molecule has 3 aromatic rings. The van der Waals surface area contributed by atoms with E-state index in [1.807, 2.05) is 17.5 Å². The molecule has 122 valence electrons. The van der Waals surface area contributed by atoms with Crippen LogP contribution in [0, 0.1) is 10.1 Å². The minimum atomic E-state index is -0.370. The van der Waals surface area contributed by atoms with Gasteiger partial charge in [-0.3, -0.25) is 15.1 Å². The molecule has 0 N–H and O–H groups in total. The molecule has 1 saturated heterocycles. The fourth-order valence-electron chi connectivity index (χ4n) is 3.01. The molecule has 1 atom stereocenters. The molecule has 0 bridgehead atoms. The van der Waals surface area contributed by atoms with Crippen LogP contribution in [-0.2, 0) is 4.74 Å². The first kappa shape index (κ1) is 15.0. The molecule has 0 saturated carbocycles. The zero-order valence-corrected chi connectivity index (χ0v) is 13.5. The quantitative estimate of drug-likeness (QED) is 0.537. The van der Waals surface area contributed by atoms with Crippen molar-refractivity contribution >= 4 is 33.5 Å². The molecule has 7 nitrogen and oxygen atoms in total. The molecule has 0 amide bonds. The Labute approximate surface area is 141 Å². The zero-order valence-electron chi connectivity index (χ0n) is 12.7. The minimum Gasteiger partial charge on any atom is -0.367 e. The molecule has 1 aromatic carbocycles. The lowest BCUT2D eigenvalue weighted by Gasteiger charge is -2.34. The molecule has 0 radical (unpaired) electrons. The standard InChI is InChI=1S/C16H14N4O3S/c21-20(22)14-2-1-13(11-3-4-17-9-12(11)14)19-6-7-23-15(10-19)16-18-5-8-24-16/h1-5,8-9,15H,6-7,10H2/t15-/m0/s1. The molecule has 0 spiro atoms. The Morgan fingerprint density at radius 2 is 2.21 bits per heavy atom. The van der Waals surface area contributed by atoms with Gasteiger partial charge in [-0.15, -0.1) is 11.3 Å². The Balaban J connectivity index is 1.74.